The van der Waals surface area contributed by atoms with Gasteiger partial charge in [0.2, 0.25) is 5.91 Å². The average Bonchev–Trinajstić information content (AvgIpc) is 3.05. The monoisotopic (exact) mass is 399 g/mol. The molecule has 0 N–H and O–H groups in total. The number of rotatable bonds is 6. The second-order valence-corrected chi connectivity index (χ2v) is 8.39. The number of aryl methyl sites for hydroxylation is 1. The van der Waals surface area contributed by atoms with E-state index in [1.165, 1.54) is 16.5 Å². The predicted octanol–water partition coefficient (Wildman–Crippen LogP) is 2.80. The van der Waals surface area contributed by atoms with Crippen molar-refractivity contribution in [2.24, 2.45) is 7.05 Å². The number of carbonyl (C=O) groups excluding carboxylic acids is 1. The number of aromatic nitrogens is 1. The van der Waals surface area contributed by atoms with E-state index in [-0.39, 0.29) is 24.6 Å². The molecule has 0 spiro atoms. The molecule has 0 aliphatic carbocycles. The number of benzene rings is 1. The number of hydrogen-bond donors (Lipinski definition) is 0. The largest absolute Gasteiger partial charge is 0.381 e. The van der Waals surface area contributed by atoms with Crippen molar-refractivity contribution in [3.8, 4) is 0 Å². The van der Waals surface area contributed by atoms with Crippen molar-refractivity contribution in [2.75, 3.05) is 40.0 Å². The Labute approximate surface area is 173 Å². The van der Waals surface area contributed by atoms with Crippen molar-refractivity contribution in [2.45, 2.75) is 44.3 Å². The molecule has 2 saturated heterocycles. The third-order valence-electron chi connectivity index (χ3n) is 6.39. The topological polar surface area (TPSA) is 46.9 Å². The number of para-hydroxylation sites is 1. The first-order valence-electron chi connectivity index (χ1n) is 10.8. The lowest BCUT2D eigenvalue weighted by atomic mass is 9.98. The van der Waals surface area contributed by atoms with Crippen LogP contribution in [-0.4, -0.2) is 72.4 Å². The van der Waals surface area contributed by atoms with E-state index in [1.54, 1.807) is 7.11 Å². The SMILES string of the molecule is COCC(=O)N(C1CCOCC1)C1CCCN(Cc2cn(C)c3ccccc23)C1. The Balaban J connectivity index is 1.50. The minimum atomic E-state index is 0.122. The third kappa shape index (κ3) is 4.49. The maximum atomic E-state index is 12.9. The molecule has 1 aromatic carbocycles. The van der Waals surface area contributed by atoms with Crippen LogP contribution in [0.1, 0.15) is 31.2 Å². The predicted molar refractivity (Wildman–Crippen MR) is 114 cm³/mol. The molecule has 1 aromatic heterocycles. The van der Waals surface area contributed by atoms with Crippen LogP contribution in [0, 0.1) is 0 Å². The van der Waals surface area contributed by atoms with E-state index in [0.29, 0.717) is 0 Å². The third-order valence-corrected chi connectivity index (χ3v) is 6.39. The number of amides is 1. The molecule has 0 radical (unpaired) electrons. The summed E-state index contributed by atoms with van der Waals surface area (Å²) in [5.74, 6) is 0.122. The molecule has 2 aliphatic rings. The van der Waals surface area contributed by atoms with Gasteiger partial charge in [-0.1, -0.05) is 18.2 Å². The van der Waals surface area contributed by atoms with E-state index in [0.717, 1.165) is 58.5 Å². The highest BCUT2D eigenvalue weighted by Crippen LogP contribution is 2.27. The molecule has 2 aromatic rings. The summed E-state index contributed by atoms with van der Waals surface area (Å²) in [6, 6.07) is 9.12. The molecule has 3 heterocycles. The zero-order chi connectivity index (χ0) is 20.2. The summed E-state index contributed by atoms with van der Waals surface area (Å²) in [5, 5.41) is 1.33. The molecular formula is C23H33N3O3. The average molecular weight is 400 g/mol. The fourth-order valence-corrected chi connectivity index (χ4v) is 5.06. The highest BCUT2D eigenvalue weighted by atomic mass is 16.5. The lowest BCUT2D eigenvalue weighted by molar-refractivity contribution is -0.144. The molecule has 1 atom stereocenters. The number of carbonyl (C=O) groups is 1. The molecule has 0 saturated carbocycles. The Hall–Kier alpha value is -1.89. The van der Waals surface area contributed by atoms with Crippen molar-refractivity contribution < 1.29 is 14.3 Å². The fraction of sp³-hybridized carbons (Fsp3) is 0.609. The summed E-state index contributed by atoms with van der Waals surface area (Å²) < 4.78 is 13.0. The van der Waals surface area contributed by atoms with Gasteiger partial charge < -0.3 is 18.9 Å². The molecule has 158 valence electrons. The van der Waals surface area contributed by atoms with Crippen LogP contribution in [0.4, 0.5) is 0 Å². The van der Waals surface area contributed by atoms with Crippen LogP contribution < -0.4 is 0 Å². The normalized spacial score (nSPS) is 21.5. The standard InChI is InChI=1S/C23H33N3O3/c1-24-14-18(21-7-3-4-8-22(21)24)15-25-11-5-6-20(16-25)26(23(27)17-28-2)19-9-12-29-13-10-19/h3-4,7-8,14,19-20H,5-6,9-13,15-17H2,1-2H3. The van der Waals surface area contributed by atoms with Gasteiger partial charge in [0.1, 0.15) is 6.61 Å². The van der Waals surface area contributed by atoms with E-state index in [1.807, 2.05) is 0 Å². The van der Waals surface area contributed by atoms with Crippen LogP contribution in [-0.2, 0) is 27.9 Å². The second kappa shape index (κ2) is 9.28. The zero-order valence-corrected chi connectivity index (χ0v) is 17.7. The van der Waals surface area contributed by atoms with Crippen molar-refractivity contribution in [3.05, 3.63) is 36.0 Å². The number of fused-ring (bicyclic) bond motifs is 1. The number of nitrogens with zero attached hydrogens (tertiary/aromatic N) is 3. The smallest absolute Gasteiger partial charge is 0.249 e. The fourth-order valence-electron chi connectivity index (χ4n) is 5.06. The molecule has 6 heteroatoms. The highest BCUT2D eigenvalue weighted by molar-refractivity contribution is 5.83. The summed E-state index contributed by atoms with van der Waals surface area (Å²) in [5.41, 5.74) is 2.64. The van der Waals surface area contributed by atoms with Gasteiger partial charge in [-0.15, -0.1) is 0 Å². The van der Waals surface area contributed by atoms with Gasteiger partial charge in [-0.3, -0.25) is 9.69 Å². The van der Waals surface area contributed by atoms with Crippen molar-refractivity contribution in [1.82, 2.24) is 14.4 Å². The van der Waals surface area contributed by atoms with Gasteiger partial charge in [0.25, 0.3) is 0 Å². The van der Waals surface area contributed by atoms with Crippen LogP contribution in [0.15, 0.2) is 30.5 Å². The second-order valence-electron chi connectivity index (χ2n) is 8.39. The lowest BCUT2D eigenvalue weighted by Gasteiger charge is -2.44. The molecule has 2 fully saturated rings. The van der Waals surface area contributed by atoms with E-state index in [2.05, 4.69) is 51.9 Å². The Kier molecular flexibility index (Phi) is 6.53. The molecule has 6 nitrogen and oxygen atoms in total. The molecule has 2 aliphatic heterocycles. The van der Waals surface area contributed by atoms with E-state index in [9.17, 15) is 4.79 Å². The maximum absolute atomic E-state index is 12.9. The quantitative estimate of drug-likeness (QED) is 0.749. The van der Waals surface area contributed by atoms with E-state index < -0.39 is 0 Å². The summed E-state index contributed by atoms with van der Waals surface area (Å²) in [6.07, 6.45) is 6.29. The summed E-state index contributed by atoms with van der Waals surface area (Å²) in [7, 11) is 3.72. The number of likely N-dealkylation sites (tertiary alicyclic amines) is 1. The minimum absolute atomic E-state index is 0.122. The van der Waals surface area contributed by atoms with E-state index in [4.69, 9.17) is 9.47 Å². The zero-order valence-electron chi connectivity index (χ0n) is 17.7. The number of hydrogen-bond acceptors (Lipinski definition) is 4. The van der Waals surface area contributed by atoms with Gasteiger partial charge in [0.15, 0.2) is 0 Å². The van der Waals surface area contributed by atoms with Crippen LogP contribution in [0.25, 0.3) is 10.9 Å². The number of ether oxygens (including phenoxy) is 2. The van der Waals surface area contributed by atoms with E-state index >= 15 is 0 Å². The van der Waals surface area contributed by atoms with Gasteiger partial charge in [0, 0.05) is 69.6 Å². The van der Waals surface area contributed by atoms with Gasteiger partial charge in [-0.2, -0.15) is 0 Å². The maximum Gasteiger partial charge on any atom is 0.249 e. The van der Waals surface area contributed by atoms with Gasteiger partial charge in [0.05, 0.1) is 0 Å². The Morgan fingerprint density at radius 1 is 1.21 bits per heavy atom. The summed E-state index contributed by atoms with van der Waals surface area (Å²) in [6.45, 7) is 4.59. The molecule has 4 rings (SSSR count). The van der Waals surface area contributed by atoms with Crippen LogP contribution in [0.2, 0.25) is 0 Å². The molecule has 29 heavy (non-hydrogen) atoms. The van der Waals surface area contributed by atoms with Crippen LogP contribution in [0.5, 0.6) is 0 Å². The van der Waals surface area contributed by atoms with Gasteiger partial charge in [-0.25, -0.2) is 0 Å². The van der Waals surface area contributed by atoms with Gasteiger partial charge >= 0.3 is 0 Å². The highest BCUT2D eigenvalue weighted by Gasteiger charge is 2.34. The lowest BCUT2D eigenvalue weighted by Crippen LogP contribution is -2.55. The Morgan fingerprint density at radius 2 is 2.00 bits per heavy atom. The summed E-state index contributed by atoms with van der Waals surface area (Å²) >= 11 is 0. The van der Waals surface area contributed by atoms with Crippen LogP contribution >= 0.6 is 0 Å². The van der Waals surface area contributed by atoms with Gasteiger partial charge in [-0.05, 0) is 43.9 Å². The first-order valence-corrected chi connectivity index (χ1v) is 10.8. The first kappa shape index (κ1) is 20.4. The molecule has 0 bridgehead atoms. The molecule has 1 amide bonds. The number of methoxy groups -OCH3 is 1. The van der Waals surface area contributed by atoms with Crippen molar-refractivity contribution in [3.63, 3.8) is 0 Å². The Morgan fingerprint density at radius 3 is 2.79 bits per heavy atom. The summed E-state index contributed by atoms with van der Waals surface area (Å²) in [4.78, 5) is 17.6. The molecule has 1 unspecified atom stereocenters. The first-order chi connectivity index (χ1) is 14.2. The van der Waals surface area contributed by atoms with Crippen molar-refractivity contribution >= 4 is 16.8 Å². The number of piperidine rings is 1. The molecular weight excluding hydrogens is 366 g/mol. The Bertz CT molecular complexity index is 828. The minimum Gasteiger partial charge on any atom is -0.381 e. The van der Waals surface area contributed by atoms with Crippen molar-refractivity contribution in [1.29, 1.82) is 0 Å². The van der Waals surface area contributed by atoms with Crippen LogP contribution in [0.3, 0.4) is 0 Å².